The highest BCUT2D eigenvalue weighted by Crippen LogP contribution is 2.20. The summed E-state index contributed by atoms with van der Waals surface area (Å²) < 4.78 is 0. The first-order valence-corrected chi connectivity index (χ1v) is 12.4. The number of unbranched alkanes of at least 4 members (excludes halogenated alkanes) is 1. The summed E-state index contributed by atoms with van der Waals surface area (Å²) in [5.74, 6) is -3.70. The van der Waals surface area contributed by atoms with Crippen molar-refractivity contribution in [2.24, 2.45) is 33.7 Å². The van der Waals surface area contributed by atoms with Crippen molar-refractivity contribution in [3.8, 4) is 0 Å². The number of rotatable bonds is 17. The second kappa shape index (κ2) is 16.3. The largest absolute Gasteiger partial charge is 0.480 e. The molecule has 1 heterocycles. The fraction of sp³-hybridized carbons (Fsp3) is 0.727. The zero-order chi connectivity index (χ0) is 28.0. The van der Waals surface area contributed by atoms with Gasteiger partial charge in [-0.1, -0.05) is 0 Å². The van der Waals surface area contributed by atoms with Gasteiger partial charge in [0, 0.05) is 19.5 Å². The van der Waals surface area contributed by atoms with Crippen LogP contribution in [0, 0.1) is 0 Å². The van der Waals surface area contributed by atoms with E-state index in [1.807, 2.05) is 0 Å². The normalized spacial score (nSPS) is 17.4. The number of guanidine groups is 1. The Kier molecular flexibility index (Phi) is 13.9. The summed E-state index contributed by atoms with van der Waals surface area (Å²) in [5.41, 5.74) is 27.1. The van der Waals surface area contributed by atoms with Gasteiger partial charge in [-0.3, -0.25) is 24.2 Å². The quantitative estimate of drug-likeness (QED) is 0.0532. The number of carboxylic acids is 1. The van der Waals surface area contributed by atoms with Crippen molar-refractivity contribution in [2.45, 2.75) is 82.0 Å². The van der Waals surface area contributed by atoms with Gasteiger partial charge in [-0.05, 0) is 57.9 Å². The maximum Gasteiger partial charge on any atom is 0.326 e. The predicted molar refractivity (Wildman–Crippen MR) is 135 cm³/mol. The fourth-order valence-corrected chi connectivity index (χ4v) is 3.99. The van der Waals surface area contributed by atoms with E-state index in [2.05, 4.69) is 15.6 Å². The third kappa shape index (κ3) is 11.4. The zero-order valence-corrected chi connectivity index (χ0v) is 21.1. The molecular formula is C22H41N9O6. The molecule has 0 aromatic heterocycles. The molecule has 0 aromatic rings. The van der Waals surface area contributed by atoms with E-state index in [0.29, 0.717) is 38.6 Å². The van der Waals surface area contributed by atoms with Gasteiger partial charge in [-0.25, -0.2) is 4.79 Å². The number of nitrogens with one attached hydrogen (secondary N) is 2. The molecule has 0 radical (unpaired) electrons. The highest BCUT2D eigenvalue weighted by atomic mass is 16.4. The number of likely N-dealkylation sites (tertiary alicyclic amines) is 1. The number of hydrogen-bond donors (Lipinski definition) is 8. The van der Waals surface area contributed by atoms with Crippen LogP contribution in [0.3, 0.4) is 0 Å². The Balaban J connectivity index is 2.88. The molecule has 1 saturated heterocycles. The lowest BCUT2D eigenvalue weighted by atomic mass is 10.1. The molecule has 37 heavy (non-hydrogen) atoms. The molecule has 1 fully saturated rings. The Morgan fingerprint density at radius 2 is 1.68 bits per heavy atom. The van der Waals surface area contributed by atoms with Crippen molar-refractivity contribution in [3.05, 3.63) is 0 Å². The standard InChI is InChI=1S/C22H41N9O6/c23-10-2-1-6-15(21(36)37)30-19(34)16-7-4-12-31(16)20(35)14(8-9-17(25)32)29-18(33)13(24)5-3-11-28-22(26)27/h13-16H,1-12,23-24H2,(H2,25,32)(H,29,33)(H,30,34)(H,36,37)(H4,26,27,28). The predicted octanol–water partition coefficient (Wildman–Crippen LogP) is -3.19. The molecular weight excluding hydrogens is 486 g/mol. The fourth-order valence-electron chi connectivity index (χ4n) is 3.99. The Labute approximate surface area is 215 Å². The summed E-state index contributed by atoms with van der Waals surface area (Å²) >= 11 is 0. The molecule has 0 saturated carbocycles. The monoisotopic (exact) mass is 527 g/mol. The van der Waals surface area contributed by atoms with Crippen LogP contribution in [0.5, 0.6) is 0 Å². The van der Waals surface area contributed by atoms with Crippen molar-refractivity contribution in [1.29, 1.82) is 0 Å². The number of amides is 4. The van der Waals surface area contributed by atoms with Crippen LogP contribution in [0.4, 0.5) is 0 Å². The van der Waals surface area contributed by atoms with Gasteiger partial charge in [-0.2, -0.15) is 0 Å². The lowest BCUT2D eigenvalue weighted by Gasteiger charge is -2.30. The highest BCUT2D eigenvalue weighted by molar-refractivity contribution is 5.94. The molecule has 0 aromatic carbocycles. The van der Waals surface area contributed by atoms with Gasteiger partial charge in [0.15, 0.2) is 5.96 Å². The average Bonchev–Trinajstić information content (AvgIpc) is 3.32. The average molecular weight is 528 g/mol. The van der Waals surface area contributed by atoms with Crippen LogP contribution in [0.2, 0.25) is 0 Å². The maximum absolute atomic E-state index is 13.4. The first-order valence-electron chi connectivity index (χ1n) is 12.4. The molecule has 1 aliphatic rings. The number of carboxylic acid groups (broad SMARTS) is 1. The minimum Gasteiger partial charge on any atom is -0.480 e. The van der Waals surface area contributed by atoms with E-state index in [9.17, 15) is 29.1 Å². The molecule has 13 N–H and O–H groups in total. The van der Waals surface area contributed by atoms with Gasteiger partial charge in [-0.15, -0.1) is 0 Å². The first kappa shape index (κ1) is 31.6. The SMILES string of the molecule is NCCCCC(NC(=O)C1CCCN1C(=O)C(CCC(N)=O)NC(=O)C(N)CCCN=C(N)N)C(=O)O. The van der Waals surface area contributed by atoms with E-state index in [1.54, 1.807) is 0 Å². The number of carbonyl (C=O) groups excluding carboxylic acids is 4. The number of nitrogens with two attached hydrogens (primary N) is 5. The van der Waals surface area contributed by atoms with E-state index < -0.39 is 53.8 Å². The number of aliphatic carboxylic acids is 1. The van der Waals surface area contributed by atoms with Crippen molar-refractivity contribution < 1.29 is 29.1 Å². The lowest BCUT2D eigenvalue weighted by molar-refractivity contribution is -0.145. The summed E-state index contributed by atoms with van der Waals surface area (Å²) in [6, 6.07) is -4.12. The molecule has 15 nitrogen and oxygen atoms in total. The number of primary amides is 1. The van der Waals surface area contributed by atoms with E-state index in [1.165, 1.54) is 4.90 Å². The van der Waals surface area contributed by atoms with Crippen molar-refractivity contribution in [1.82, 2.24) is 15.5 Å². The van der Waals surface area contributed by atoms with Crippen LogP contribution in [0.25, 0.3) is 0 Å². The van der Waals surface area contributed by atoms with Crippen LogP contribution >= 0.6 is 0 Å². The van der Waals surface area contributed by atoms with Crippen molar-refractivity contribution >= 4 is 35.6 Å². The summed E-state index contributed by atoms with van der Waals surface area (Å²) in [7, 11) is 0. The zero-order valence-electron chi connectivity index (χ0n) is 21.1. The molecule has 1 aliphatic heterocycles. The van der Waals surface area contributed by atoms with Gasteiger partial charge >= 0.3 is 5.97 Å². The molecule has 210 valence electrons. The van der Waals surface area contributed by atoms with Gasteiger partial charge in [0.05, 0.1) is 6.04 Å². The summed E-state index contributed by atoms with van der Waals surface area (Å²) in [4.78, 5) is 67.0. The van der Waals surface area contributed by atoms with Crippen LogP contribution in [0.1, 0.15) is 57.8 Å². The van der Waals surface area contributed by atoms with E-state index in [-0.39, 0.29) is 44.7 Å². The van der Waals surface area contributed by atoms with Crippen LogP contribution in [-0.4, -0.2) is 89.4 Å². The molecule has 4 atom stereocenters. The van der Waals surface area contributed by atoms with Crippen LogP contribution in [0.15, 0.2) is 4.99 Å². The Hall–Kier alpha value is -3.46. The second-order valence-electron chi connectivity index (χ2n) is 8.99. The molecule has 15 heteroatoms. The Morgan fingerprint density at radius 3 is 2.27 bits per heavy atom. The van der Waals surface area contributed by atoms with Crippen molar-refractivity contribution in [2.75, 3.05) is 19.6 Å². The number of nitrogens with zero attached hydrogens (tertiary/aromatic N) is 2. The molecule has 0 bridgehead atoms. The van der Waals surface area contributed by atoms with Gasteiger partial charge in [0.2, 0.25) is 23.6 Å². The Bertz CT molecular complexity index is 833. The molecule has 0 aliphatic carbocycles. The summed E-state index contributed by atoms with van der Waals surface area (Å²) in [5, 5.41) is 14.5. The maximum atomic E-state index is 13.4. The molecule has 0 spiro atoms. The summed E-state index contributed by atoms with van der Waals surface area (Å²) in [6.45, 7) is 0.917. The van der Waals surface area contributed by atoms with E-state index >= 15 is 0 Å². The third-order valence-corrected chi connectivity index (χ3v) is 6.00. The molecule has 4 amide bonds. The summed E-state index contributed by atoms with van der Waals surface area (Å²) in [6.07, 6.45) is 2.59. The van der Waals surface area contributed by atoms with Gasteiger partial charge in [0.25, 0.3) is 0 Å². The van der Waals surface area contributed by atoms with Crippen molar-refractivity contribution in [3.63, 3.8) is 0 Å². The van der Waals surface area contributed by atoms with E-state index in [4.69, 9.17) is 28.7 Å². The van der Waals surface area contributed by atoms with E-state index in [0.717, 1.165) is 0 Å². The smallest absolute Gasteiger partial charge is 0.326 e. The molecule has 1 rings (SSSR count). The van der Waals surface area contributed by atoms with Crippen LogP contribution < -0.4 is 39.3 Å². The van der Waals surface area contributed by atoms with Crippen LogP contribution in [-0.2, 0) is 24.0 Å². The number of carbonyl (C=O) groups is 5. The minimum absolute atomic E-state index is 0.0791. The number of aliphatic imine (C=N–C) groups is 1. The minimum atomic E-state index is -1.18. The second-order valence-corrected chi connectivity index (χ2v) is 8.99. The lowest BCUT2D eigenvalue weighted by Crippen LogP contribution is -2.56. The molecule has 4 unspecified atom stereocenters. The van der Waals surface area contributed by atoms with Gasteiger partial charge in [0.1, 0.15) is 18.1 Å². The topological polar surface area (TPSA) is 275 Å². The Morgan fingerprint density at radius 1 is 0.973 bits per heavy atom. The van der Waals surface area contributed by atoms with Gasteiger partial charge < -0.3 is 49.3 Å². The number of hydrogen-bond acceptors (Lipinski definition) is 8. The first-order chi connectivity index (χ1) is 17.5. The highest BCUT2D eigenvalue weighted by Gasteiger charge is 2.39. The third-order valence-electron chi connectivity index (χ3n) is 6.00.